The van der Waals surface area contributed by atoms with Crippen LogP contribution in [0.4, 0.5) is 0 Å². The highest BCUT2D eigenvalue weighted by Crippen LogP contribution is 2.20. The fourth-order valence-corrected chi connectivity index (χ4v) is 1.42. The summed E-state index contributed by atoms with van der Waals surface area (Å²) in [6.07, 6.45) is 2.27. The van der Waals surface area contributed by atoms with E-state index in [0.29, 0.717) is 10.7 Å². The average molecular weight is 208 g/mol. The Bertz CT molecular complexity index is 291. The van der Waals surface area contributed by atoms with Crippen molar-refractivity contribution in [3.8, 4) is 0 Å². The Balaban J connectivity index is 0.000000720. The van der Waals surface area contributed by atoms with Crippen LogP contribution in [0.5, 0.6) is 0 Å². The van der Waals surface area contributed by atoms with E-state index in [1.54, 1.807) is 0 Å². The summed E-state index contributed by atoms with van der Waals surface area (Å²) in [6.45, 7) is 1.04. The first-order valence-corrected chi connectivity index (χ1v) is 4.06. The normalized spacial score (nSPS) is 22.2. The summed E-state index contributed by atoms with van der Waals surface area (Å²) in [5, 5.41) is 9.81. The van der Waals surface area contributed by atoms with E-state index in [4.69, 9.17) is 16.6 Å². The third kappa shape index (κ3) is 1.85. The molecule has 4 nitrogen and oxygen atoms in total. The Morgan fingerprint density at radius 3 is 2.92 bits per heavy atom. The van der Waals surface area contributed by atoms with Gasteiger partial charge in [0.2, 0.25) is 5.89 Å². The molecule has 0 amide bonds. The van der Waals surface area contributed by atoms with E-state index in [2.05, 4.69) is 15.5 Å². The largest absolute Gasteiger partial charge is 0.412 e. The average Bonchev–Trinajstić information content (AvgIpc) is 2.55. The maximum atomic E-state index is 5.15. The zero-order chi connectivity index (χ0) is 7.68. The van der Waals surface area contributed by atoms with Crippen LogP contribution in [-0.2, 0) is 0 Å². The number of nitrogens with zero attached hydrogens (tertiary/aromatic N) is 1. The Morgan fingerprint density at radius 1 is 1.58 bits per heavy atom. The number of H-pyrrole nitrogens is 1. The molecule has 0 saturated carbocycles. The molecular weight excluding hydrogens is 198 g/mol. The molecule has 1 aliphatic heterocycles. The second kappa shape index (κ2) is 4.02. The highest BCUT2D eigenvalue weighted by Gasteiger charge is 2.20. The topological polar surface area (TPSA) is 53.9 Å². The number of halogens is 1. The van der Waals surface area contributed by atoms with Gasteiger partial charge >= 0.3 is 0 Å². The Kier molecular flexibility index (Phi) is 3.25. The summed E-state index contributed by atoms with van der Waals surface area (Å²) in [7, 11) is 0. The Hall–Kier alpha value is -0.390. The third-order valence-corrected chi connectivity index (χ3v) is 1.99. The van der Waals surface area contributed by atoms with E-state index in [-0.39, 0.29) is 18.4 Å². The van der Waals surface area contributed by atoms with Crippen molar-refractivity contribution in [3.05, 3.63) is 10.7 Å². The van der Waals surface area contributed by atoms with Crippen LogP contribution in [0.2, 0.25) is 0 Å². The summed E-state index contributed by atoms with van der Waals surface area (Å²) in [4.78, 5) is 0.355. The van der Waals surface area contributed by atoms with Crippen LogP contribution in [0.1, 0.15) is 24.8 Å². The van der Waals surface area contributed by atoms with Gasteiger partial charge in [-0.25, -0.2) is 5.10 Å². The van der Waals surface area contributed by atoms with Crippen molar-refractivity contribution in [1.82, 2.24) is 15.5 Å². The van der Waals surface area contributed by atoms with E-state index in [9.17, 15) is 0 Å². The highest BCUT2D eigenvalue weighted by molar-refractivity contribution is 7.71. The second-order valence-electron chi connectivity index (χ2n) is 2.60. The molecule has 1 aromatic heterocycles. The third-order valence-electron chi connectivity index (χ3n) is 1.81. The predicted octanol–water partition coefficient (Wildman–Crippen LogP) is 1.58. The minimum absolute atomic E-state index is 0. The van der Waals surface area contributed by atoms with Gasteiger partial charge in [0.1, 0.15) is 0 Å². The molecule has 12 heavy (non-hydrogen) atoms. The molecule has 0 aromatic carbocycles. The van der Waals surface area contributed by atoms with E-state index in [1.165, 1.54) is 6.42 Å². The van der Waals surface area contributed by atoms with Crippen LogP contribution >= 0.6 is 24.6 Å². The molecule has 2 N–H and O–H groups in total. The summed E-state index contributed by atoms with van der Waals surface area (Å²) >= 11 is 4.76. The number of hydrogen-bond donors (Lipinski definition) is 2. The Labute approximate surface area is 81.1 Å². The molecule has 1 fully saturated rings. The first-order chi connectivity index (χ1) is 5.36. The van der Waals surface area contributed by atoms with Gasteiger partial charge in [0.05, 0.1) is 6.04 Å². The van der Waals surface area contributed by atoms with Gasteiger partial charge in [-0.05, 0) is 31.6 Å². The number of aromatic amines is 1. The summed E-state index contributed by atoms with van der Waals surface area (Å²) in [5.74, 6) is 0.688. The number of rotatable bonds is 1. The van der Waals surface area contributed by atoms with E-state index >= 15 is 0 Å². The molecule has 68 valence electrons. The summed E-state index contributed by atoms with van der Waals surface area (Å²) in [5.41, 5.74) is 0. The monoisotopic (exact) mass is 207 g/mol. The van der Waals surface area contributed by atoms with Gasteiger partial charge in [-0.3, -0.25) is 0 Å². The smallest absolute Gasteiger partial charge is 0.284 e. The van der Waals surface area contributed by atoms with Crippen LogP contribution in [0, 0.1) is 4.84 Å². The molecule has 0 bridgehead atoms. The van der Waals surface area contributed by atoms with Crippen LogP contribution in [-0.4, -0.2) is 16.7 Å². The molecule has 2 heterocycles. The molecule has 0 spiro atoms. The minimum Gasteiger partial charge on any atom is -0.412 e. The zero-order valence-corrected chi connectivity index (χ0v) is 8.00. The second-order valence-corrected chi connectivity index (χ2v) is 2.97. The molecule has 1 saturated heterocycles. The standard InChI is InChI=1S/C6H9N3OS.ClH/c11-6-9-8-5(10-6)4-2-1-3-7-4;/h4,7H,1-3H2,(H,9,11);1H/t4-;/m0./s1. The van der Waals surface area contributed by atoms with Gasteiger partial charge < -0.3 is 9.73 Å². The maximum Gasteiger partial charge on any atom is 0.284 e. The fourth-order valence-electron chi connectivity index (χ4n) is 1.29. The lowest BCUT2D eigenvalue weighted by molar-refractivity contribution is 0.421. The van der Waals surface area contributed by atoms with E-state index < -0.39 is 0 Å². The molecule has 2 rings (SSSR count). The van der Waals surface area contributed by atoms with Gasteiger partial charge in [-0.1, -0.05) is 0 Å². The van der Waals surface area contributed by atoms with Crippen LogP contribution < -0.4 is 5.32 Å². The minimum atomic E-state index is 0. The SMILES string of the molecule is Cl.S=c1[nH]nc([C@@H]2CCCN2)o1. The van der Waals surface area contributed by atoms with Gasteiger partial charge in [0.25, 0.3) is 4.84 Å². The molecule has 1 aromatic rings. The molecular formula is C6H10ClN3OS. The van der Waals surface area contributed by atoms with Crippen molar-refractivity contribution >= 4 is 24.6 Å². The molecule has 0 aliphatic carbocycles. The molecule has 6 heteroatoms. The lowest BCUT2D eigenvalue weighted by Crippen LogP contribution is -2.12. The van der Waals surface area contributed by atoms with Crippen molar-refractivity contribution in [2.45, 2.75) is 18.9 Å². The van der Waals surface area contributed by atoms with E-state index in [0.717, 1.165) is 13.0 Å². The summed E-state index contributed by atoms with van der Waals surface area (Å²) < 4.78 is 5.15. The lowest BCUT2D eigenvalue weighted by atomic mass is 10.2. The van der Waals surface area contributed by atoms with Gasteiger partial charge in [0.15, 0.2) is 0 Å². The van der Waals surface area contributed by atoms with Gasteiger partial charge in [0, 0.05) is 0 Å². The quantitative estimate of drug-likeness (QED) is 0.687. The van der Waals surface area contributed by atoms with Crippen molar-refractivity contribution < 1.29 is 4.42 Å². The molecule has 1 aliphatic rings. The number of aromatic nitrogens is 2. The van der Waals surface area contributed by atoms with Crippen molar-refractivity contribution in [2.75, 3.05) is 6.54 Å². The van der Waals surface area contributed by atoms with Crippen molar-refractivity contribution in [1.29, 1.82) is 0 Å². The molecule has 0 radical (unpaired) electrons. The van der Waals surface area contributed by atoms with Crippen LogP contribution in [0.3, 0.4) is 0 Å². The number of hydrogen-bond acceptors (Lipinski definition) is 4. The lowest BCUT2D eigenvalue weighted by Gasteiger charge is -2.01. The summed E-state index contributed by atoms with van der Waals surface area (Å²) in [6, 6.07) is 0.267. The maximum absolute atomic E-state index is 5.15. The van der Waals surface area contributed by atoms with Crippen molar-refractivity contribution in [3.63, 3.8) is 0 Å². The van der Waals surface area contributed by atoms with Crippen LogP contribution in [0.25, 0.3) is 0 Å². The van der Waals surface area contributed by atoms with Gasteiger partial charge in [-0.15, -0.1) is 17.5 Å². The fraction of sp³-hybridized carbons (Fsp3) is 0.667. The van der Waals surface area contributed by atoms with Crippen molar-refractivity contribution in [2.24, 2.45) is 0 Å². The zero-order valence-electron chi connectivity index (χ0n) is 6.37. The van der Waals surface area contributed by atoms with Crippen LogP contribution in [0.15, 0.2) is 4.42 Å². The predicted molar refractivity (Wildman–Crippen MR) is 48.9 cm³/mol. The van der Waals surface area contributed by atoms with Gasteiger partial charge in [-0.2, -0.15) is 0 Å². The first-order valence-electron chi connectivity index (χ1n) is 3.65. The molecule has 1 atom stereocenters. The molecule has 0 unspecified atom stereocenters. The van der Waals surface area contributed by atoms with E-state index in [1.807, 2.05) is 0 Å². The number of nitrogens with one attached hydrogen (secondary N) is 2. The first kappa shape index (κ1) is 9.70. The highest BCUT2D eigenvalue weighted by atomic mass is 35.5. The Morgan fingerprint density at radius 2 is 2.42 bits per heavy atom.